The van der Waals surface area contributed by atoms with E-state index in [4.69, 9.17) is 10.2 Å². The standard InChI is InChI=1S/C13H18N2O4S/c16-11(12(17)18)5-6-14-13(19)15(9-3-4-9)8-10-2-1-7-20-10/h1-2,7,9,11,16H,3-6,8H2,(H,14,19)(H,17,18). The van der Waals surface area contributed by atoms with E-state index < -0.39 is 12.1 Å². The number of carbonyl (C=O) groups is 2. The first-order valence-corrected chi connectivity index (χ1v) is 7.43. The summed E-state index contributed by atoms with van der Waals surface area (Å²) in [5, 5.41) is 22.3. The van der Waals surface area contributed by atoms with Gasteiger partial charge in [-0.05, 0) is 24.3 Å². The van der Waals surface area contributed by atoms with Crippen LogP contribution in [0.3, 0.4) is 0 Å². The molecule has 1 fully saturated rings. The van der Waals surface area contributed by atoms with E-state index >= 15 is 0 Å². The molecule has 1 heterocycles. The van der Waals surface area contributed by atoms with Gasteiger partial charge in [-0.2, -0.15) is 0 Å². The molecular weight excluding hydrogens is 280 g/mol. The van der Waals surface area contributed by atoms with Crippen LogP contribution in [-0.2, 0) is 11.3 Å². The maximum Gasteiger partial charge on any atom is 0.332 e. The average molecular weight is 298 g/mol. The summed E-state index contributed by atoms with van der Waals surface area (Å²) in [5.74, 6) is -1.27. The van der Waals surface area contributed by atoms with Crippen molar-refractivity contribution in [3.8, 4) is 0 Å². The van der Waals surface area contributed by atoms with Crippen molar-refractivity contribution in [2.24, 2.45) is 0 Å². The van der Waals surface area contributed by atoms with Gasteiger partial charge in [0.05, 0.1) is 6.54 Å². The smallest absolute Gasteiger partial charge is 0.332 e. The number of amides is 2. The minimum Gasteiger partial charge on any atom is -0.479 e. The summed E-state index contributed by atoms with van der Waals surface area (Å²) in [6.07, 6.45) is 0.605. The van der Waals surface area contributed by atoms with Gasteiger partial charge in [-0.1, -0.05) is 6.07 Å². The van der Waals surface area contributed by atoms with Crippen molar-refractivity contribution in [1.82, 2.24) is 10.2 Å². The molecular formula is C13H18N2O4S. The number of urea groups is 1. The van der Waals surface area contributed by atoms with Crippen LogP contribution in [0.1, 0.15) is 24.1 Å². The van der Waals surface area contributed by atoms with Crippen molar-refractivity contribution in [3.05, 3.63) is 22.4 Å². The predicted octanol–water partition coefficient (Wildman–Crippen LogP) is 1.26. The van der Waals surface area contributed by atoms with E-state index in [-0.39, 0.29) is 25.0 Å². The molecule has 0 aromatic carbocycles. The van der Waals surface area contributed by atoms with Crippen LogP contribution in [0.15, 0.2) is 17.5 Å². The molecule has 1 atom stereocenters. The number of nitrogens with zero attached hydrogens (tertiary/aromatic N) is 1. The third-order valence-corrected chi connectivity index (χ3v) is 3.99. The molecule has 2 rings (SSSR count). The highest BCUT2D eigenvalue weighted by Crippen LogP contribution is 2.29. The number of aliphatic hydroxyl groups excluding tert-OH is 1. The SMILES string of the molecule is O=C(O)C(O)CCNC(=O)N(Cc1cccs1)C1CC1. The summed E-state index contributed by atoms with van der Waals surface area (Å²) < 4.78 is 0. The lowest BCUT2D eigenvalue weighted by Crippen LogP contribution is -2.42. The quantitative estimate of drug-likeness (QED) is 0.707. The van der Waals surface area contributed by atoms with Crippen LogP contribution >= 0.6 is 11.3 Å². The van der Waals surface area contributed by atoms with Gasteiger partial charge in [-0.15, -0.1) is 11.3 Å². The van der Waals surface area contributed by atoms with Gasteiger partial charge in [0.25, 0.3) is 0 Å². The minimum absolute atomic E-state index is 0.0125. The number of nitrogens with one attached hydrogen (secondary N) is 1. The van der Waals surface area contributed by atoms with Gasteiger partial charge in [0.1, 0.15) is 0 Å². The Kier molecular flexibility index (Phi) is 4.97. The van der Waals surface area contributed by atoms with E-state index in [9.17, 15) is 9.59 Å². The zero-order valence-electron chi connectivity index (χ0n) is 11.0. The number of rotatable bonds is 7. The van der Waals surface area contributed by atoms with Crippen LogP contribution in [0.5, 0.6) is 0 Å². The Morgan fingerprint density at radius 2 is 2.25 bits per heavy atom. The molecule has 110 valence electrons. The zero-order valence-corrected chi connectivity index (χ0v) is 11.8. The molecule has 0 saturated heterocycles. The molecule has 2 amide bonds. The molecule has 3 N–H and O–H groups in total. The van der Waals surface area contributed by atoms with Gasteiger partial charge in [-0.3, -0.25) is 0 Å². The van der Waals surface area contributed by atoms with Crippen LogP contribution < -0.4 is 5.32 Å². The molecule has 20 heavy (non-hydrogen) atoms. The second-order valence-electron chi connectivity index (χ2n) is 4.81. The summed E-state index contributed by atoms with van der Waals surface area (Å²) in [7, 11) is 0. The number of carboxylic acid groups (broad SMARTS) is 1. The summed E-state index contributed by atoms with van der Waals surface area (Å²) in [6, 6.07) is 4.02. The van der Waals surface area contributed by atoms with Crippen molar-refractivity contribution in [3.63, 3.8) is 0 Å². The van der Waals surface area contributed by atoms with Gasteiger partial charge in [0.15, 0.2) is 6.10 Å². The summed E-state index contributed by atoms with van der Waals surface area (Å²) in [4.78, 5) is 25.5. The summed E-state index contributed by atoms with van der Waals surface area (Å²) in [5.41, 5.74) is 0. The Hall–Kier alpha value is -1.60. The fourth-order valence-electron chi connectivity index (χ4n) is 1.86. The predicted molar refractivity (Wildman–Crippen MR) is 74.5 cm³/mol. The molecule has 1 aliphatic rings. The lowest BCUT2D eigenvalue weighted by Gasteiger charge is -2.22. The minimum atomic E-state index is -1.43. The number of thiophene rings is 1. The molecule has 6 nitrogen and oxygen atoms in total. The Bertz CT molecular complexity index is 459. The van der Waals surface area contributed by atoms with Gasteiger partial charge in [0.2, 0.25) is 0 Å². The number of aliphatic hydroxyl groups is 1. The molecule has 1 aliphatic carbocycles. The van der Waals surface area contributed by atoms with Gasteiger partial charge >= 0.3 is 12.0 Å². The van der Waals surface area contributed by atoms with Gasteiger partial charge < -0.3 is 20.4 Å². The number of hydrogen-bond acceptors (Lipinski definition) is 4. The molecule has 1 unspecified atom stereocenters. The van der Waals surface area contributed by atoms with Crippen molar-refractivity contribution in [2.75, 3.05) is 6.54 Å². The maximum absolute atomic E-state index is 12.1. The zero-order chi connectivity index (χ0) is 14.5. The molecule has 0 radical (unpaired) electrons. The first kappa shape index (κ1) is 14.8. The van der Waals surface area contributed by atoms with E-state index in [2.05, 4.69) is 5.32 Å². The molecule has 1 aromatic rings. The largest absolute Gasteiger partial charge is 0.479 e. The van der Waals surface area contributed by atoms with Crippen LogP contribution in [0.2, 0.25) is 0 Å². The Labute approximate surface area is 121 Å². The molecule has 0 spiro atoms. The highest BCUT2D eigenvalue weighted by atomic mass is 32.1. The average Bonchev–Trinajstić information content (AvgIpc) is 3.12. The maximum atomic E-state index is 12.1. The third kappa shape index (κ3) is 4.21. The summed E-state index contributed by atoms with van der Waals surface area (Å²) >= 11 is 1.61. The van der Waals surface area contributed by atoms with Crippen molar-refractivity contribution in [2.45, 2.75) is 38.0 Å². The highest BCUT2D eigenvalue weighted by molar-refractivity contribution is 7.09. The summed E-state index contributed by atoms with van der Waals surface area (Å²) in [6.45, 7) is 0.732. The molecule has 1 saturated carbocycles. The van der Waals surface area contributed by atoms with Crippen LogP contribution in [0.25, 0.3) is 0 Å². The monoisotopic (exact) mass is 298 g/mol. The van der Waals surface area contributed by atoms with Crippen molar-refractivity contribution >= 4 is 23.3 Å². The van der Waals surface area contributed by atoms with E-state index in [1.54, 1.807) is 16.2 Å². The van der Waals surface area contributed by atoms with Gasteiger partial charge in [-0.25, -0.2) is 9.59 Å². The third-order valence-electron chi connectivity index (χ3n) is 3.13. The topological polar surface area (TPSA) is 89.9 Å². The second kappa shape index (κ2) is 6.71. The van der Waals surface area contributed by atoms with Crippen LogP contribution in [-0.4, -0.2) is 45.8 Å². The van der Waals surface area contributed by atoms with Gasteiger partial charge in [0, 0.05) is 23.9 Å². The van der Waals surface area contributed by atoms with Crippen LogP contribution in [0.4, 0.5) is 4.79 Å². The van der Waals surface area contributed by atoms with E-state index in [1.165, 1.54) is 0 Å². The first-order chi connectivity index (χ1) is 9.58. The number of aliphatic carboxylic acids is 1. The second-order valence-corrected chi connectivity index (χ2v) is 5.85. The van der Waals surface area contributed by atoms with Crippen molar-refractivity contribution < 1.29 is 19.8 Å². The normalized spacial score (nSPS) is 15.7. The van der Waals surface area contributed by atoms with Crippen molar-refractivity contribution in [1.29, 1.82) is 0 Å². The van der Waals surface area contributed by atoms with E-state index in [0.29, 0.717) is 6.54 Å². The number of carboxylic acids is 1. The number of carbonyl (C=O) groups excluding carboxylic acids is 1. The molecule has 0 bridgehead atoms. The Morgan fingerprint density at radius 3 is 2.80 bits per heavy atom. The Balaban J connectivity index is 1.80. The lowest BCUT2D eigenvalue weighted by molar-refractivity contribution is -0.146. The fourth-order valence-corrected chi connectivity index (χ4v) is 2.57. The Morgan fingerprint density at radius 1 is 1.50 bits per heavy atom. The fraction of sp³-hybridized carbons (Fsp3) is 0.538. The van der Waals surface area contributed by atoms with E-state index in [1.807, 2.05) is 17.5 Å². The van der Waals surface area contributed by atoms with Crippen LogP contribution in [0, 0.1) is 0 Å². The highest BCUT2D eigenvalue weighted by Gasteiger charge is 2.32. The lowest BCUT2D eigenvalue weighted by atomic mass is 10.2. The molecule has 0 aliphatic heterocycles. The molecule has 7 heteroatoms. The molecule has 1 aromatic heterocycles. The van der Waals surface area contributed by atoms with E-state index in [0.717, 1.165) is 17.7 Å². The first-order valence-electron chi connectivity index (χ1n) is 6.55. The number of hydrogen-bond donors (Lipinski definition) is 3.